The molecule has 4 heteroatoms. The molecule has 0 saturated heterocycles. The summed E-state index contributed by atoms with van der Waals surface area (Å²) in [5, 5.41) is 0. The highest BCUT2D eigenvalue weighted by Crippen LogP contribution is 2.68. The first-order chi connectivity index (χ1) is 13.2. The highest BCUT2D eigenvalue weighted by molar-refractivity contribution is 5.91. The van der Waals surface area contributed by atoms with Gasteiger partial charge in [0.25, 0.3) is 0 Å². The molecule has 0 heterocycles. The van der Waals surface area contributed by atoms with E-state index < -0.39 is 5.60 Å². The lowest BCUT2D eigenvalue weighted by molar-refractivity contribution is -0.188. The predicted molar refractivity (Wildman–Crippen MR) is 107 cm³/mol. The maximum atomic E-state index is 12.8. The number of ketones is 2. The lowest BCUT2D eigenvalue weighted by Gasteiger charge is -2.59. The molecule has 0 aromatic carbocycles. The number of hydrogen-bond donors (Lipinski definition) is 0. The Labute approximate surface area is 168 Å². The van der Waals surface area contributed by atoms with Crippen molar-refractivity contribution in [1.82, 2.24) is 0 Å². The molecule has 0 amide bonds. The largest absolute Gasteiger partial charge is 0.450 e. The van der Waals surface area contributed by atoms with Gasteiger partial charge in [-0.05, 0) is 81.1 Å². The molecule has 0 bridgehead atoms. The molecule has 154 valence electrons. The van der Waals surface area contributed by atoms with Gasteiger partial charge in [-0.1, -0.05) is 26.3 Å². The number of ether oxygens (including phenoxy) is 1. The molecular formula is C24H34O4. The predicted octanol–water partition coefficient (Wildman–Crippen LogP) is 4.80. The lowest BCUT2D eigenvalue weighted by Crippen LogP contribution is -2.58. The van der Waals surface area contributed by atoms with Crippen molar-refractivity contribution in [2.45, 2.75) is 91.1 Å². The maximum absolute atomic E-state index is 12.8. The summed E-state index contributed by atoms with van der Waals surface area (Å²) in [6.07, 6.45) is 9.56. The fourth-order valence-electron chi connectivity index (χ4n) is 7.64. The second-order valence-electron chi connectivity index (χ2n) is 10.2. The van der Waals surface area contributed by atoms with Crippen LogP contribution in [-0.2, 0) is 19.1 Å². The van der Waals surface area contributed by atoms with Crippen molar-refractivity contribution in [3.8, 4) is 0 Å². The number of Topliss-reactive ketones (excluding diaryl/α,β-unsaturated/α-hetero) is 1. The summed E-state index contributed by atoms with van der Waals surface area (Å²) in [4.78, 5) is 37.1. The van der Waals surface area contributed by atoms with Crippen molar-refractivity contribution in [2.24, 2.45) is 28.6 Å². The Hall–Kier alpha value is -1.45. The molecular weight excluding hydrogens is 352 g/mol. The Morgan fingerprint density at radius 1 is 1.07 bits per heavy atom. The van der Waals surface area contributed by atoms with Gasteiger partial charge in [-0.25, -0.2) is 0 Å². The highest BCUT2D eigenvalue weighted by Gasteiger charge is 2.67. The molecule has 0 aromatic rings. The van der Waals surface area contributed by atoms with Crippen LogP contribution in [0, 0.1) is 28.6 Å². The Morgan fingerprint density at radius 3 is 2.46 bits per heavy atom. The van der Waals surface area contributed by atoms with E-state index in [2.05, 4.69) is 13.8 Å². The molecule has 0 N–H and O–H groups in total. The van der Waals surface area contributed by atoms with E-state index >= 15 is 0 Å². The second-order valence-corrected chi connectivity index (χ2v) is 10.2. The molecule has 28 heavy (non-hydrogen) atoms. The molecule has 4 nitrogen and oxygen atoms in total. The van der Waals surface area contributed by atoms with Crippen molar-refractivity contribution in [3.63, 3.8) is 0 Å². The Balaban J connectivity index is 1.69. The average molecular weight is 387 g/mol. The fraction of sp³-hybridized carbons (Fsp3) is 0.792. The quantitative estimate of drug-likeness (QED) is 0.654. The van der Waals surface area contributed by atoms with Crippen LogP contribution in [0.2, 0.25) is 0 Å². The molecule has 3 unspecified atom stereocenters. The summed E-state index contributed by atoms with van der Waals surface area (Å²) in [5.74, 6) is 1.58. The highest BCUT2D eigenvalue weighted by atomic mass is 16.6. The zero-order valence-electron chi connectivity index (χ0n) is 17.8. The van der Waals surface area contributed by atoms with Crippen LogP contribution in [-0.4, -0.2) is 23.1 Å². The number of carbonyl (C=O) groups is 3. The monoisotopic (exact) mass is 386 g/mol. The van der Waals surface area contributed by atoms with Gasteiger partial charge in [-0.3, -0.25) is 14.4 Å². The molecule has 6 atom stereocenters. The zero-order valence-corrected chi connectivity index (χ0v) is 17.8. The number of allylic oxidation sites excluding steroid dienone is 1. The molecule has 0 radical (unpaired) electrons. The third kappa shape index (κ3) is 2.52. The standard InChI is InChI=1S/C24H34O4/c1-5-21(27)28-24(15(2)25)13-10-20-18-7-6-16-14-17(26)8-11-22(16,3)19(18)9-12-23(20,24)4/h14,18-20H,5-13H2,1-4H3/t18?,19?,20?,22-,23-,24-/m0/s1. The summed E-state index contributed by atoms with van der Waals surface area (Å²) in [6.45, 7) is 7.98. The SMILES string of the molecule is CCC(=O)O[C@]1(C(C)=O)CCC2C3CCC4=CC(=O)CC[C@]4(C)C3CC[C@@]21C. The maximum Gasteiger partial charge on any atom is 0.306 e. The van der Waals surface area contributed by atoms with Crippen molar-refractivity contribution in [1.29, 1.82) is 0 Å². The summed E-state index contributed by atoms with van der Waals surface area (Å²) in [6, 6.07) is 0. The molecule has 0 aromatic heterocycles. The Kier molecular flexibility index (Phi) is 4.63. The van der Waals surface area contributed by atoms with Crippen LogP contribution in [0.5, 0.6) is 0 Å². The number of rotatable bonds is 3. The summed E-state index contributed by atoms with van der Waals surface area (Å²) >= 11 is 0. The first kappa shape index (κ1) is 19.8. The third-order valence-corrected chi connectivity index (χ3v) is 9.23. The molecule has 3 fully saturated rings. The number of fused-ring (bicyclic) bond motifs is 5. The second kappa shape index (κ2) is 6.53. The topological polar surface area (TPSA) is 60.4 Å². The number of esters is 1. The van der Waals surface area contributed by atoms with Gasteiger partial charge in [-0.2, -0.15) is 0 Å². The van der Waals surface area contributed by atoms with Crippen LogP contribution in [0.3, 0.4) is 0 Å². The van der Waals surface area contributed by atoms with Crippen LogP contribution in [0.1, 0.15) is 85.5 Å². The Bertz CT molecular complexity index is 752. The van der Waals surface area contributed by atoms with Gasteiger partial charge in [0.2, 0.25) is 0 Å². The van der Waals surface area contributed by atoms with Crippen molar-refractivity contribution in [2.75, 3.05) is 0 Å². The minimum atomic E-state index is -0.949. The van der Waals surface area contributed by atoms with Crippen LogP contribution >= 0.6 is 0 Å². The third-order valence-electron chi connectivity index (χ3n) is 9.23. The van der Waals surface area contributed by atoms with Gasteiger partial charge in [0.15, 0.2) is 17.2 Å². The van der Waals surface area contributed by atoms with Gasteiger partial charge in [-0.15, -0.1) is 0 Å². The first-order valence-corrected chi connectivity index (χ1v) is 11.1. The van der Waals surface area contributed by atoms with E-state index in [0.29, 0.717) is 37.0 Å². The minimum Gasteiger partial charge on any atom is -0.450 e. The summed E-state index contributed by atoms with van der Waals surface area (Å²) in [5.41, 5.74) is 0.267. The van der Waals surface area contributed by atoms with Gasteiger partial charge in [0.1, 0.15) is 0 Å². The van der Waals surface area contributed by atoms with Gasteiger partial charge in [0.05, 0.1) is 0 Å². The van der Waals surface area contributed by atoms with E-state index in [4.69, 9.17) is 4.74 Å². The fourth-order valence-corrected chi connectivity index (χ4v) is 7.64. The molecule has 0 spiro atoms. The molecule has 0 aliphatic heterocycles. The van der Waals surface area contributed by atoms with Gasteiger partial charge >= 0.3 is 5.97 Å². The number of carbonyl (C=O) groups excluding carboxylic acids is 3. The Morgan fingerprint density at radius 2 is 1.79 bits per heavy atom. The van der Waals surface area contributed by atoms with Crippen molar-refractivity contribution in [3.05, 3.63) is 11.6 Å². The molecule has 4 rings (SSSR count). The van der Waals surface area contributed by atoms with E-state index in [1.807, 2.05) is 6.08 Å². The van der Waals surface area contributed by atoms with Crippen LogP contribution in [0.4, 0.5) is 0 Å². The van der Waals surface area contributed by atoms with E-state index in [9.17, 15) is 14.4 Å². The van der Waals surface area contributed by atoms with Crippen LogP contribution in [0.15, 0.2) is 11.6 Å². The van der Waals surface area contributed by atoms with E-state index in [-0.39, 0.29) is 28.4 Å². The van der Waals surface area contributed by atoms with Crippen LogP contribution < -0.4 is 0 Å². The van der Waals surface area contributed by atoms with Crippen molar-refractivity contribution >= 4 is 17.5 Å². The zero-order chi connectivity index (χ0) is 20.3. The van der Waals surface area contributed by atoms with Gasteiger partial charge in [0, 0.05) is 18.3 Å². The average Bonchev–Trinajstić information content (AvgIpc) is 2.95. The first-order valence-electron chi connectivity index (χ1n) is 11.1. The van der Waals surface area contributed by atoms with E-state index in [1.165, 1.54) is 5.57 Å². The van der Waals surface area contributed by atoms with Crippen LogP contribution in [0.25, 0.3) is 0 Å². The number of hydrogen-bond acceptors (Lipinski definition) is 4. The lowest BCUT2D eigenvalue weighted by atomic mass is 9.46. The smallest absolute Gasteiger partial charge is 0.306 e. The summed E-state index contributed by atoms with van der Waals surface area (Å²) in [7, 11) is 0. The molecule has 4 aliphatic carbocycles. The van der Waals surface area contributed by atoms with Crippen molar-refractivity contribution < 1.29 is 19.1 Å². The van der Waals surface area contributed by atoms with E-state index in [1.54, 1.807) is 13.8 Å². The normalized spacial score (nSPS) is 44.8. The molecule has 3 saturated carbocycles. The van der Waals surface area contributed by atoms with E-state index in [0.717, 1.165) is 38.5 Å². The minimum absolute atomic E-state index is 0.0172. The van der Waals surface area contributed by atoms with Gasteiger partial charge < -0.3 is 4.74 Å². The summed E-state index contributed by atoms with van der Waals surface area (Å²) < 4.78 is 5.96. The molecule has 4 aliphatic rings.